The summed E-state index contributed by atoms with van der Waals surface area (Å²) >= 11 is 0. The predicted octanol–water partition coefficient (Wildman–Crippen LogP) is 3.23. The van der Waals surface area contributed by atoms with Crippen molar-refractivity contribution in [1.82, 2.24) is 4.90 Å². The number of benzene rings is 2. The van der Waals surface area contributed by atoms with Gasteiger partial charge in [-0.05, 0) is 36.6 Å². The van der Waals surface area contributed by atoms with Crippen molar-refractivity contribution in [3.63, 3.8) is 0 Å². The summed E-state index contributed by atoms with van der Waals surface area (Å²) < 4.78 is 13.1. The van der Waals surface area contributed by atoms with Crippen molar-refractivity contribution in [3.05, 3.63) is 58.9 Å². The summed E-state index contributed by atoms with van der Waals surface area (Å²) in [7, 11) is 0. The van der Waals surface area contributed by atoms with E-state index < -0.39 is 5.82 Å². The Hall–Kier alpha value is -2.07. The van der Waals surface area contributed by atoms with Gasteiger partial charge in [0.15, 0.2) is 0 Å². The van der Waals surface area contributed by atoms with Gasteiger partial charge in [-0.15, -0.1) is 0 Å². The third-order valence-electron chi connectivity index (χ3n) is 4.32. The van der Waals surface area contributed by atoms with E-state index in [1.165, 1.54) is 23.3 Å². The summed E-state index contributed by atoms with van der Waals surface area (Å²) in [5, 5.41) is 9.95. The zero-order valence-electron chi connectivity index (χ0n) is 12.0. The molecular weight excluding hydrogens is 267 g/mol. The van der Waals surface area contributed by atoms with Crippen LogP contribution in [0.25, 0.3) is 0 Å². The van der Waals surface area contributed by atoms with Gasteiger partial charge in [-0.1, -0.05) is 18.2 Å². The number of halogens is 1. The van der Waals surface area contributed by atoms with E-state index in [0.717, 1.165) is 30.8 Å². The molecule has 0 fully saturated rings. The fraction of sp³-hybridized carbons (Fsp3) is 0.294. The van der Waals surface area contributed by atoms with Crippen LogP contribution in [0.2, 0.25) is 0 Å². The second-order valence-corrected chi connectivity index (χ2v) is 5.58. The molecule has 3 nitrogen and oxygen atoms in total. The second kappa shape index (κ2) is 5.37. The zero-order chi connectivity index (χ0) is 15.0. The van der Waals surface area contributed by atoms with Gasteiger partial charge in [-0.2, -0.15) is 0 Å². The number of phenols is 1. The fourth-order valence-corrected chi connectivity index (χ4v) is 3.06. The molecule has 4 heteroatoms. The van der Waals surface area contributed by atoms with Gasteiger partial charge in [0, 0.05) is 36.4 Å². The first-order chi connectivity index (χ1) is 10.1. The average Bonchev–Trinajstić information content (AvgIpc) is 2.46. The van der Waals surface area contributed by atoms with Crippen LogP contribution in [0.1, 0.15) is 29.7 Å². The normalized spacial score (nSPS) is 16.5. The number of phenolic OH excluding ortho intramolecular Hbond substituents is 1. The standard InChI is InChI=1S/C17H19FN2O/c1-11(14-6-5-13(18)9-17(14)21)20-8-7-15-12(10-20)3-2-4-16(15)19/h2-6,9,11,21H,7-8,10,19H2,1H3. The molecule has 1 atom stereocenters. The van der Waals surface area contributed by atoms with Gasteiger partial charge < -0.3 is 10.8 Å². The lowest BCUT2D eigenvalue weighted by Crippen LogP contribution is -2.33. The van der Waals surface area contributed by atoms with Gasteiger partial charge in [0.25, 0.3) is 0 Å². The molecule has 0 spiro atoms. The van der Waals surface area contributed by atoms with Crippen molar-refractivity contribution < 1.29 is 9.50 Å². The number of rotatable bonds is 2. The van der Waals surface area contributed by atoms with Crippen LogP contribution in [-0.2, 0) is 13.0 Å². The Labute approximate surface area is 123 Å². The number of anilines is 1. The van der Waals surface area contributed by atoms with Crippen LogP contribution >= 0.6 is 0 Å². The molecule has 0 aliphatic carbocycles. The molecule has 0 aromatic heterocycles. The van der Waals surface area contributed by atoms with Crippen molar-refractivity contribution >= 4 is 5.69 Å². The predicted molar refractivity (Wildman–Crippen MR) is 81.4 cm³/mol. The molecule has 0 amide bonds. The SMILES string of the molecule is CC(c1ccc(F)cc1O)N1CCc2c(N)cccc2C1. The van der Waals surface area contributed by atoms with Crippen LogP contribution in [0.3, 0.4) is 0 Å². The number of nitrogens with two attached hydrogens (primary N) is 1. The first-order valence-electron chi connectivity index (χ1n) is 7.15. The van der Waals surface area contributed by atoms with Gasteiger partial charge in [-0.3, -0.25) is 4.90 Å². The minimum atomic E-state index is -0.416. The summed E-state index contributed by atoms with van der Waals surface area (Å²) in [5.41, 5.74) is 10.1. The van der Waals surface area contributed by atoms with E-state index in [2.05, 4.69) is 11.0 Å². The van der Waals surface area contributed by atoms with Gasteiger partial charge >= 0.3 is 0 Å². The maximum absolute atomic E-state index is 13.1. The molecule has 0 radical (unpaired) electrons. The number of nitrogens with zero attached hydrogens (tertiary/aromatic N) is 1. The molecule has 3 N–H and O–H groups in total. The third-order valence-corrected chi connectivity index (χ3v) is 4.32. The highest BCUT2D eigenvalue weighted by atomic mass is 19.1. The molecule has 1 aliphatic heterocycles. The molecule has 2 aromatic carbocycles. The second-order valence-electron chi connectivity index (χ2n) is 5.58. The molecule has 21 heavy (non-hydrogen) atoms. The third kappa shape index (κ3) is 2.59. The van der Waals surface area contributed by atoms with Crippen molar-refractivity contribution in [2.24, 2.45) is 0 Å². The summed E-state index contributed by atoms with van der Waals surface area (Å²) in [4.78, 5) is 2.27. The Morgan fingerprint density at radius 2 is 2.10 bits per heavy atom. The van der Waals surface area contributed by atoms with Crippen LogP contribution in [0.5, 0.6) is 5.75 Å². The van der Waals surface area contributed by atoms with Crippen LogP contribution in [0.15, 0.2) is 36.4 Å². The Kier molecular flexibility index (Phi) is 3.55. The van der Waals surface area contributed by atoms with Gasteiger partial charge in [0.05, 0.1) is 0 Å². The maximum atomic E-state index is 13.1. The van der Waals surface area contributed by atoms with Crippen LogP contribution in [-0.4, -0.2) is 16.6 Å². The van der Waals surface area contributed by atoms with E-state index in [4.69, 9.17) is 5.73 Å². The number of nitrogen functional groups attached to an aromatic ring is 1. The first kappa shape index (κ1) is 13.9. The molecule has 1 aliphatic rings. The van der Waals surface area contributed by atoms with E-state index in [9.17, 15) is 9.50 Å². The van der Waals surface area contributed by atoms with Crippen molar-refractivity contribution in [2.75, 3.05) is 12.3 Å². The number of hydrogen-bond donors (Lipinski definition) is 2. The van der Waals surface area contributed by atoms with Crippen molar-refractivity contribution in [1.29, 1.82) is 0 Å². The van der Waals surface area contributed by atoms with Crippen molar-refractivity contribution in [2.45, 2.75) is 25.9 Å². The topological polar surface area (TPSA) is 49.5 Å². The number of aromatic hydroxyl groups is 1. The summed E-state index contributed by atoms with van der Waals surface area (Å²) in [6.07, 6.45) is 0.897. The molecule has 0 bridgehead atoms. The van der Waals surface area contributed by atoms with Crippen molar-refractivity contribution in [3.8, 4) is 5.75 Å². The highest BCUT2D eigenvalue weighted by Gasteiger charge is 2.24. The Bertz CT molecular complexity index is 672. The minimum Gasteiger partial charge on any atom is -0.508 e. The Morgan fingerprint density at radius 1 is 1.29 bits per heavy atom. The molecule has 3 rings (SSSR count). The van der Waals surface area contributed by atoms with Crippen LogP contribution in [0, 0.1) is 5.82 Å². The van der Waals surface area contributed by atoms with Gasteiger partial charge in [-0.25, -0.2) is 4.39 Å². The summed E-state index contributed by atoms with van der Waals surface area (Å²) in [6, 6.07) is 10.2. The van der Waals surface area contributed by atoms with Gasteiger partial charge in [0.2, 0.25) is 0 Å². The molecule has 110 valence electrons. The highest BCUT2D eigenvalue weighted by molar-refractivity contribution is 5.52. The maximum Gasteiger partial charge on any atom is 0.126 e. The minimum absolute atomic E-state index is 0.0147. The fourth-order valence-electron chi connectivity index (χ4n) is 3.06. The summed E-state index contributed by atoms with van der Waals surface area (Å²) in [6.45, 7) is 3.70. The lowest BCUT2D eigenvalue weighted by atomic mass is 9.95. The highest BCUT2D eigenvalue weighted by Crippen LogP contribution is 2.33. The molecule has 1 unspecified atom stereocenters. The quantitative estimate of drug-likeness (QED) is 0.833. The Balaban J connectivity index is 1.85. The number of hydrogen-bond acceptors (Lipinski definition) is 3. The molecule has 1 heterocycles. The Morgan fingerprint density at radius 3 is 2.86 bits per heavy atom. The van der Waals surface area contributed by atoms with E-state index in [0.29, 0.717) is 0 Å². The van der Waals surface area contributed by atoms with E-state index >= 15 is 0 Å². The molecular formula is C17H19FN2O. The monoisotopic (exact) mass is 286 g/mol. The molecule has 0 saturated carbocycles. The smallest absolute Gasteiger partial charge is 0.126 e. The van der Waals surface area contributed by atoms with E-state index in [1.54, 1.807) is 6.07 Å². The van der Waals surface area contributed by atoms with E-state index in [-0.39, 0.29) is 11.8 Å². The average molecular weight is 286 g/mol. The van der Waals surface area contributed by atoms with Crippen LogP contribution in [0.4, 0.5) is 10.1 Å². The van der Waals surface area contributed by atoms with Crippen LogP contribution < -0.4 is 5.73 Å². The lowest BCUT2D eigenvalue weighted by Gasteiger charge is -2.34. The largest absolute Gasteiger partial charge is 0.508 e. The number of fused-ring (bicyclic) bond motifs is 1. The first-order valence-corrected chi connectivity index (χ1v) is 7.15. The lowest BCUT2D eigenvalue weighted by molar-refractivity contribution is 0.189. The summed E-state index contributed by atoms with van der Waals surface area (Å²) in [5.74, 6) is -0.402. The molecule has 0 saturated heterocycles. The van der Waals surface area contributed by atoms with Gasteiger partial charge in [0.1, 0.15) is 11.6 Å². The van der Waals surface area contributed by atoms with E-state index in [1.807, 2.05) is 19.1 Å². The molecule has 2 aromatic rings. The zero-order valence-corrected chi connectivity index (χ0v) is 12.0.